The molecule has 3 radical (unpaired) electrons. The summed E-state index contributed by atoms with van der Waals surface area (Å²) < 4.78 is 11.8. The number of hydrogen-bond donors (Lipinski definition) is 0. The molecule has 117 valence electrons. The Labute approximate surface area is 141 Å². The molecule has 1 saturated heterocycles. The Morgan fingerprint density at radius 2 is 1.39 bits per heavy atom. The van der Waals surface area contributed by atoms with Crippen LogP contribution in [-0.4, -0.2) is 16.3 Å². The van der Waals surface area contributed by atoms with Crippen LogP contribution in [0.25, 0.3) is 5.57 Å². The van der Waals surface area contributed by atoms with E-state index < -0.39 is 5.79 Å². The van der Waals surface area contributed by atoms with E-state index in [9.17, 15) is 0 Å². The van der Waals surface area contributed by atoms with Gasteiger partial charge in [0.15, 0.2) is 0 Å². The predicted molar refractivity (Wildman–Crippen MR) is 93.6 cm³/mol. The van der Waals surface area contributed by atoms with E-state index in [-0.39, 0.29) is 5.41 Å². The molecule has 2 aromatic rings. The van der Waals surface area contributed by atoms with Gasteiger partial charge >= 0.3 is 0 Å². The summed E-state index contributed by atoms with van der Waals surface area (Å²) in [7, 11) is 3.21. The van der Waals surface area contributed by atoms with Crippen molar-refractivity contribution in [3.8, 4) is 0 Å². The van der Waals surface area contributed by atoms with Crippen molar-refractivity contribution in [3.05, 3.63) is 77.5 Å². The minimum absolute atomic E-state index is 0.128. The maximum absolute atomic E-state index is 6.22. The average Bonchev–Trinajstić information content (AvgIpc) is 2.51. The zero-order valence-corrected chi connectivity index (χ0v) is 14.8. The lowest BCUT2D eigenvalue weighted by molar-refractivity contribution is -0.276. The maximum atomic E-state index is 6.22. The van der Waals surface area contributed by atoms with E-state index in [1.807, 2.05) is 12.1 Å². The van der Waals surface area contributed by atoms with Crippen molar-refractivity contribution in [2.24, 2.45) is 5.41 Å². The molecule has 1 aliphatic heterocycles. The fraction of sp³-hybridized carbons (Fsp3) is 0.300. The van der Waals surface area contributed by atoms with E-state index in [1.54, 1.807) is 0 Å². The lowest BCUT2D eigenvalue weighted by atomic mass is 9.78. The molecule has 3 rings (SSSR count). The number of rotatable bonds is 3. The minimum Gasteiger partial charge on any atom is -0.466 e. The lowest BCUT2D eigenvalue weighted by Gasteiger charge is -2.52. The smallest absolute Gasteiger partial charge is 0.251 e. The second kappa shape index (κ2) is 5.98. The summed E-state index contributed by atoms with van der Waals surface area (Å²) in [4.78, 5) is 0. The molecule has 1 fully saturated rings. The van der Waals surface area contributed by atoms with E-state index in [0.717, 1.165) is 28.9 Å². The van der Waals surface area contributed by atoms with Crippen LogP contribution in [0.15, 0.2) is 66.4 Å². The maximum Gasteiger partial charge on any atom is 0.251 e. The van der Waals surface area contributed by atoms with E-state index in [4.69, 9.17) is 9.16 Å². The molecule has 2 nitrogen and oxygen atoms in total. The van der Waals surface area contributed by atoms with Crippen molar-refractivity contribution in [2.45, 2.75) is 33.0 Å². The van der Waals surface area contributed by atoms with Crippen LogP contribution in [0.5, 0.6) is 0 Å². The first-order chi connectivity index (χ1) is 11.0. The Bertz CT molecular complexity index is 650. The van der Waals surface area contributed by atoms with Crippen LogP contribution in [0, 0.1) is 5.41 Å². The van der Waals surface area contributed by atoms with Gasteiger partial charge in [0.2, 0.25) is 5.79 Å². The SMILES string of the molecule is CC(C)(C)C1(O[Si])CC(=C(c2ccccc2)c2ccccc2)O1. The first-order valence-corrected chi connectivity index (χ1v) is 8.25. The van der Waals surface area contributed by atoms with Crippen molar-refractivity contribution >= 4 is 16.1 Å². The van der Waals surface area contributed by atoms with E-state index in [1.165, 1.54) is 0 Å². The Morgan fingerprint density at radius 1 is 0.957 bits per heavy atom. The first-order valence-electron chi connectivity index (χ1n) is 7.84. The predicted octanol–water partition coefficient (Wildman–Crippen LogP) is 4.71. The van der Waals surface area contributed by atoms with E-state index >= 15 is 0 Å². The summed E-state index contributed by atoms with van der Waals surface area (Å²) in [6.07, 6.45) is 0.735. The van der Waals surface area contributed by atoms with Crippen molar-refractivity contribution in [1.29, 1.82) is 0 Å². The van der Waals surface area contributed by atoms with Crippen LogP contribution in [0.1, 0.15) is 38.3 Å². The van der Waals surface area contributed by atoms with Gasteiger partial charge in [-0.3, -0.25) is 0 Å². The zero-order valence-electron chi connectivity index (χ0n) is 13.8. The highest BCUT2D eigenvalue weighted by atomic mass is 28.2. The number of hydrogen-bond acceptors (Lipinski definition) is 2. The summed E-state index contributed by atoms with van der Waals surface area (Å²) in [6, 6.07) is 20.7. The third kappa shape index (κ3) is 2.87. The van der Waals surface area contributed by atoms with Crippen LogP contribution in [0.2, 0.25) is 0 Å². The molecule has 1 aliphatic rings. The normalized spacial score (nSPS) is 20.6. The highest BCUT2D eigenvalue weighted by Crippen LogP contribution is 2.51. The van der Waals surface area contributed by atoms with Gasteiger partial charge in [0.1, 0.15) is 5.76 Å². The minimum atomic E-state index is -0.631. The average molecular weight is 321 g/mol. The van der Waals surface area contributed by atoms with Crippen LogP contribution >= 0.6 is 0 Å². The van der Waals surface area contributed by atoms with Gasteiger partial charge in [-0.1, -0.05) is 81.4 Å². The fourth-order valence-corrected chi connectivity index (χ4v) is 3.29. The van der Waals surface area contributed by atoms with Gasteiger partial charge in [0.25, 0.3) is 10.5 Å². The third-order valence-corrected chi connectivity index (χ3v) is 4.72. The second-order valence-corrected chi connectivity index (χ2v) is 7.12. The van der Waals surface area contributed by atoms with Crippen LogP contribution in [0.4, 0.5) is 0 Å². The van der Waals surface area contributed by atoms with Crippen molar-refractivity contribution in [1.82, 2.24) is 0 Å². The standard InChI is InChI=1S/C20H21O2Si/c1-19(2,3)20(22-23)14-17(21-20)18(15-10-6-4-7-11-15)16-12-8-5-9-13-16/h4-13H,14H2,1-3H3. The molecule has 0 amide bonds. The molecule has 0 bridgehead atoms. The van der Waals surface area contributed by atoms with Gasteiger partial charge in [0.05, 0.1) is 6.42 Å². The molecule has 23 heavy (non-hydrogen) atoms. The molecule has 0 N–H and O–H groups in total. The molecule has 0 aromatic heterocycles. The molecule has 1 unspecified atom stereocenters. The van der Waals surface area contributed by atoms with Gasteiger partial charge in [-0.15, -0.1) is 0 Å². The summed E-state index contributed by atoms with van der Waals surface area (Å²) >= 11 is 0. The molecule has 3 heteroatoms. The molecule has 2 aromatic carbocycles. The summed E-state index contributed by atoms with van der Waals surface area (Å²) in [5.74, 6) is 0.337. The molecule has 1 heterocycles. The topological polar surface area (TPSA) is 18.5 Å². The summed E-state index contributed by atoms with van der Waals surface area (Å²) in [5, 5.41) is 0. The molecule has 0 saturated carbocycles. The number of ether oxygens (including phenoxy) is 1. The summed E-state index contributed by atoms with van der Waals surface area (Å²) in [5.41, 5.74) is 3.32. The van der Waals surface area contributed by atoms with Gasteiger partial charge in [-0.05, 0) is 11.1 Å². The Balaban J connectivity index is 2.05. The van der Waals surface area contributed by atoms with Crippen LogP contribution in [-0.2, 0) is 9.16 Å². The Hall–Kier alpha value is -1.84. The van der Waals surface area contributed by atoms with Gasteiger partial charge < -0.3 is 9.16 Å². The molecule has 0 aliphatic carbocycles. The Morgan fingerprint density at radius 3 is 1.74 bits per heavy atom. The largest absolute Gasteiger partial charge is 0.466 e. The molecule has 0 spiro atoms. The van der Waals surface area contributed by atoms with Crippen molar-refractivity contribution in [3.63, 3.8) is 0 Å². The molecular weight excluding hydrogens is 300 g/mol. The van der Waals surface area contributed by atoms with E-state index in [2.05, 4.69) is 79.8 Å². The zero-order chi connectivity index (χ0) is 16.5. The first kappa shape index (κ1) is 16.0. The van der Waals surface area contributed by atoms with Gasteiger partial charge in [-0.2, -0.15) is 0 Å². The van der Waals surface area contributed by atoms with Crippen molar-refractivity contribution < 1.29 is 9.16 Å². The second-order valence-electron chi connectivity index (χ2n) is 6.91. The summed E-state index contributed by atoms with van der Waals surface area (Å²) in [6.45, 7) is 6.36. The van der Waals surface area contributed by atoms with Crippen LogP contribution < -0.4 is 0 Å². The third-order valence-electron chi connectivity index (χ3n) is 4.39. The van der Waals surface area contributed by atoms with Crippen molar-refractivity contribution in [2.75, 3.05) is 0 Å². The lowest BCUT2D eigenvalue weighted by Crippen LogP contribution is -2.54. The highest BCUT2D eigenvalue weighted by Gasteiger charge is 2.53. The molecule has 1 atom stereocenters. The van der Waals surface area contributed by atoms with Gasteiger partial charge in [-0.25, -0.2) is 0 Å². The fourth-order valence-electron chi connectivity index (χ4n) is 2.87. The number of benzene rings is 2. The molecular formula is C20H21O2Si. The van der Waals surface area contributed by atoms with Gasteiger partial charge in [0, 0.05) is 11.0 Å². The Kier molecular flexibility index (Phi) is 4.17. The quantitative estimate of drug-likeness (QED) is 0.762. The van der Waals surface area contributed by atoms with Crippen LogP contribution in [0.3, 0.4) is 0 Å². The highest BCUT2D eigenvalue weighted by molar-refractivity contribution is 5.98. The monoisotopic (exact) mass is 321 g/mol. The van der Waals surface area contributed by atoms with E-state index in [0.29, 0.717) is 0 Å².